The molecule has 146 valence electrons. The topological polar surface area (TPSA) is 141 Å². The lowest BCUT2D eigenvalue weighted by atomic mass is 9.94. The van der Waals surface area contributed by atoms with Gasteiger partial charge in [-0.05, 0) is 35.3 Å². The third kappa shape index (κ3) is 2.48. The predicted octanol–water partition coefficient (Wildman–Crippen LogP) is 1.16. The summed E-state index contributed by atoms with van der Waals surface area (Å²) in [5.74, 6) is -0.208. The summed E-state index contributed by atoms with van der Waals surface area (Å²) < 4.78 is 66.5. The van der Waals surface area contributed by atoms with Crippen molar-refractivity contribution in [3.05, 3.63) is 64.6 Å². The van der Waals surface area contributed by atoms with Crippen molar-refractivity contribution in [1.82, 2.24) is 0 Å². The molecule has 5 rings (SSSR count). The largest absolute Gasteiger partial charge is 0.342 e. The summed E-state index contributed by atoms with van der Waals surface area (Å²) >= 11 is 0. The van der Waals surface area contributed by atoms with Gasteiger partial charge in [0.25, 0.3) is 20.2 Å². The van der Waals surface area contributed by atoms with E-state index < -0.39 is 32.2 Å². The van der Waals surface area contributed by atoms with Gasteiger partial charge in [-0.3, -0.25) is 9.11 Å². The maximum Gasteiger partial charge on any atom is 0.342 e. The van der Waals surface area contributed by atoms with Gasteiger partial charge in [-0.15, -0.1) is 0 Å². The minimum absolute atomic E-state index is 0.183. The highest BCUT2D eigenvalue weighted by Crippen LogP contribution is 2.35. The normalized spacial score (nSPS) is 20.5. The highest BCUT2D eigenvalue weighted by Gasteiger charge is 2.46. The number of fused-ring (bicyclic) bond motifs is 3. The zero-order valence-corrected chi connectivity index (χ0v) is 16.0. The number of carbonyl (C=O) groups is 1. The van der Waals surface area contributed by atoms with Crippen LogP contribution >= 0.6 is 0 Å². The molecule has 2 aromatic carbocycles. The molecule has 29 heavy (non-hydrogen) atoms. The maximum absolute atomic E-state index is 13.2. The molecule has 2 aromatic rings. The lowest BCUT2D eigenvalue weighted by molar-refractivity contribution is -0.435. The van der Waals surface area contributed by atoms with Crippen LogP contribution in [0.15, 0.2) is 63.4 Å². The van der Waals surface area contributed by atoms with Crippen molar-refractivity contribution in [2.75, 3.05) is 0 Å². The summed E-state index contributed by atoms with van der Waals surface area (Å²) in [6.07, 6.45) is 3.84. The van der Waals surface area contributed by atoms with E-state index in [9.17, 15) is 30.7 Å². The van der Waals surface area contributed by atoms with Crippen LogP contribution in [-0.4, -0.2) is 54.0 Å². The standard InChI is InChI=1S/C18H10N2O7S2/c21-18-12-3-1-2-10-15(29(25,26)27)7-5-11(16(10)12)17-19-13-8-9(28(22,23)24)4-6-14(13)20(17)18/h1-8,14H,(H-,22,23,24,25,26,27)/p+1. The number of hydrogen-bond acceptors (Lipinski definition) is 6. The molecule has 1 aliphatic carbocycles. The fraction of sp³-hybridized carbons (Fsp3) is 0.0556. The van der Waals surface area contributed by atoms with E-state index in [1.165, 1.54) is 47.1 Å². The van der Waals surface area contributed by atoms with E-state index in [0.29, 0.717) is 10.9 Å². The Hall–Kier alpha value is -2.99. The Morgan fingerprint density at radius 2 is 1.72 bits per heavy atom. The minimum Gasteiger partial charge on any atom is -0.282 e. The molecular formula is C18H11N2O7S2+. The smallest absolute Gasteiger partial charge is 0.282 e. The summed E-state index contributed by atoms with van der Waals surface area (Å²) in [5.41, 5.74) is 0.962. The Labute approximate surface area is 164 Å². The summed E-state index contributed by atoms with van der Waals surface area (Å²) in [6.45, 7) is 0. The molecule has 9 nitrogen and oxygen atoms in total. The first-order valence-corrected chi connectivity index (χ1v) is 11.2. The monoisotopic (exact) mass is 431 g/mol. The van der Waals surface area contributed by atoms with Crippen LogP contribution in [0.3, 0.4) is 0 Å². The maximum atomic E-state index is 13.2. The number of allylic oxidation sites excluding steroid dienone is 1. The van der Waals surface area contributed by atoms with Crippen LogP contribution in [0.4, 0.5) is 0 Å². The highest BCUT2D eigenvalue weighted by molar-refractivity contribution is 7.90. The molecule has 1 amide bonds. The van der Waals surface area contributed by atoms with Crippen LogP contribution in [0, 0.1) is 0 Å². The summed E-state index contributed by atoms with van der Waals surface area (Å²) in [7, 11) is -8.96. The second kappa shape index (κ2) is 5.54. The third-order valence-electron chi connectivity index (χ3n) is 5.04. The average molecular weight is 431 g/mol. The van der Waals surface area contributed by atoms with E-state index in [0.717, 1.165) is 0 Å². The predicted molar refractivity (Wildman–Crippen MR) is 102 cm³/mol. The van der Waals surface area contributed by atoms with Crippen molar-refractivity contribution in [2.45, 2.75) is 10.9 Å². The van der Waals surface area contributed by atoms with Gasteiger partial charge in [-0.1, -0.05) is 12.1 Å². The molecule has 0 fully saturated rings. The molecule has 0 radical (unpaired) electrons. The molecule has 0 saturated heterocycles. The lowest BCUT2D eigenvalue weighted by Crippen LogP contribution is -2.38. The van der Waals surface area contributed by atoms with E-state index in [1.807, 2.05) is 0 Å². The van der Waals surface area contributed by atoms with Gasteiger partial charge in [0.15, 0.2) is 6.04 Å². The second-order valence-corrected chi connectivity index (χ2v) is 9.49. The molecule has 1 atom stereocenters. The fourth-order valence-electron chi connectivity index (χ4n) is 3.86. The molecule has 1 unspecified atom stereocenters. The molecule has 2 aliphatic heterocycles. The second-order valence-electron chi connectivity index (χ2n) is 6.68. The number of benzene rings is 2. The molecule has 0 saturated carbocycles. The Bertz CT molecular complexity index is 1510. The molecule has 0 spiro atoms. The van der Waals surface area contributed by atoms with Crippen LogP contribution in [0.1, 0.15) is 15.9 Å². The van der Waals surface area contributed by atoms with E-state index in [-0.39, 0.29) is 32.3 Å². The molecule has 11 heteroatoms. The lowest BCUT2D eigenvalue weighted by Gasteiger charge is -2.18. The Morgan fingerprint density at radius 3 is 2.41 bits per heavy atom. The number of nitrogens with zero attached hydrogens (tertiary/aromatic N) is 2. The van der Waals surface area contributed by atoms with Crippen molar-refractivity contribution in [1.29, 1.82) is 0 Å². The summed E-state index contributed by atoms with van der Waals surface area (Å²) in [4.78, 5) is 16.9. The third-order valence-corrected chi connectivity index (χ3v) is 6.81. The molecule has 3 aliphatic rings. The van der Waals surface area contributed by atoms with Gasteiger partial charge < -0.3 is 0 Å². The van der Waals surface area contributed by atoms with Gasteiger partial charge >= 0.3 is 11.7 Å². The van der Waals surface area contributed by atoms with Crippen molar-refractivity contribution < 1.29 is 35.3 Å². The Balaban J connectivity index is 1.80. The quantitative estimate of drug-likeness (QED) is 0.537. The number of hydrogen-bond donors (Lipinski definition) is 2. The molecule has 0 bridgehead atoms. The zero-order chi connectivity index (χ0) is 20.7. The molecular weight excluding hydrogens is 420 g/mol. The van der Waals surface area contributed by atoms with Crippen LogP contribution in [0.2, 0.25) is 0 Å². The fourth-order valence-corrected chi connectivity index (χ4v) is 5.07. The van der Waals surface area contributed by atoms with Crippen molar-refractivity contribution >= 4 is 48.5 Å². The van der Waals surface area contributed by atoms with Gasteiger partial charge in [0, 0.05) is 16.8 Å². The average Bonchev–Trinajstić information content (AvgIpc) is 3.03. The van der Waals surface area contributed by atoms with Crippen LogP contribution < -0.4 is 0 Å². The number of aliphatic imine (C=N–C) groups is 1. The highest BCUT2D eigenvalue weighted by atomic mass is 32.2. The molecule has 2 heterocycles. The molecule has 0 aromatic heterocycles. The van der Waals surface area contributed by atoms with Gasteiger partial charge in [0.05, 0.1) is 16.0 Å². The minimum atomic E-state index is -4.52. The van der Waals surface area contributed by atoms with Gasteiger partial charge in [-0.25, -0.2) is 4.79 Å². The zero-order valence-electron chi connectivity index (χ0n) is 14.3. The van der Waals surface area contributed by atoms with E-state index in [1.54, 1.807) is 6.07 Å². The molecule has 2 N–H and O–H groups in total. The van der Waals surface area contributed by atoms with Gasteiger partial charge in [0.2, 0.25) is 5.71 Å². The number of carbonyl (C=O) groups excluding carboxylic acids is 1. The van der Waals surface area contributed by atoms with Crippen molar-refractivity contribution in [3.63, 3.8) is 0 Å². The SMILES string of the molecule is O=C1c2cccc3c(S(=O)(=O)O)ccc(c23)C2=[N+]1C1C=CC(S(=O)(=O)O)=CC1=N2. The Kier molecular flexibility index (Phi) is 3.45. The van der Waals surface area contributed by atoms with Crippen LogP contribution in [-0.2, 0) is 20.2 Å². The van der Waals surface area contributed by atoms with Gasteiger partial charge in [0.1, 0.15) is 4.90 Å². The first kappa shape index (κ1) is 18.1. The number of amidine groups is 1. The van der Waals surface area contributed by atoms with E-state index >= 15 is 0 Å². The Morgan fingerprint density at radius 1 is 0.966 bits per heavy atom. The summed E-state index contributed by atoms with van der Waals surface area (Å²) in [6, 6.07) is 6.57. The first-order chi connectivity index (χ1) is 13.6. The summed E-state index contributed by atoms with van der Waals surface area (Å²) in [5, 5.41) is 0.521. The first-order valence-electron chi connectivity index (χ1n) is 8.27. The number of amides is 1. The van der Waals surface area contributed by atoms with Crippen LogP contribution in [0.5, 0.6) is 0 Å². The van der Waals surface area contributed by atoms with E-state index in [2.05, 4.69) is 4.99 Å². The van der Waals surface area contributed by atoms with Crippen molar-refractivity contribution in [2.24, 2.45) is 4.99 Å². The van der Waals surface area contributed by atoms with Crippen LogP contribution in [0.25, 0.3) is 10.8 Å². The van der Waals surface area contributed by atoms with Crippen molar-refractivity contribution in [3.8, 4) is 0 Å². The number of rotatable bonds is 2. The van der Waals surface area contributed by atoms with E-state index in [4.69, 9.17) is 0 Å². The van der Waals surface area contributed by atoms with Gasteiger partial charge in [-0.2, -0.15) is 21.4 Å².